The molecule has 1 unspecified atom stereocenters. The summed E-state index contributed by atoms with van der Waals surface area (Å²) in [6, 6.07) is 8.71. The zero-order valence-electron chi connectivity index (χ0n) is 13.5. The highest BCUT2D eigenvalue weighted by Gasteiger charge is 2.21. The third-order valence-electron chi connectivity index (χ3n) is 3.58. The van der Waals surface area contributed by atoms with Crippen molar-refractivity contribution in [3.05, 3.63) is 42.7 Å². The summed E-state index contributed by atoms with van der Waals surface area (Å²) in [4.78, 5) is 23.8. The van der Waals surface area contributed by atoms with Crippen molar-refractivity contribution in [2.45, 2.75) is 6.04 Å². The van der Waals surface area contributed by atoms with Crippen LogP contribution in [0.3, 0.4) is 0 Å². The number of hydrogen-bond acceptors (Lipinski definition) is 5. The minimum absolute atomic E-state index is 0. The monoisotopic (exact) mass is 365 g/mol. The predicted octanol–water partition coefficient (Wildman–Crippen LogP) is 0.337. The fourth-order valence-electron chi connectivity index (χ4n) is 2.35. The molecule has 134 valence electrons. The Balaban J connectivity index is 0.00000225. The minimum Gasteiger partial charge on any atom is -0.378 e. The minimum atomic E-state index is -0.403. The summed E-state index contributed by atoms with van der Waals surface area (Å²) in [7, 11) is 0. The molecule has 0 saturated carbocycles. The molecular formula is C16H20ClN5O3. The number of nitrogens with one attached hydrogen (secondary N) is 3. The van der Waals surface area contributed by atoms with Crippen LogP contribution < -0.4 is 16.0 Å². The number of amides is 2. The van der Waals surface area contributed by atoms with Gasteiger partial charge in [-0.25, -0.2) is 4.68 Å². The molecule has 1 aliphatic heterocycles. The summed E-state index contributed by atoms with van der Waals surface area (Å²) in [5.74, 6) is -0.522. The van der Waals surface area contributed by atoms with Gasteiger partial charge in [0.1, 0.15) is 6.04 Å². The van der Waals surface area contributed by atoms with Crippen LogP contribution in [-0.2, 0) is 14.3 Å². The van der Waals surface area contributed by atoms with E-state index in [0.29, 0.717) is 25.4 Å². The molecule has 8 nitrogen and oxygen atoms in total. The van der Waals surface area contributed by atoms with Crippen LogP contribution in [0.4, 0.5) is 5.69 Å². The number of nitrogens with zero attached hydrogens (tertiary/aromatic N) is 2. The maximum atomic E-state index is 11.9. The summed E-state index contributed by atoms with van der Waals surface area (Å²) in [6.45, 7) is 1.46. The summed E-state index contributed by atoms with van der Waals surface area (Å²) >= 11 is 0. The molecule has 2 amide bonds. The maximum Gasteiger partial charge on any atom is 0.243 e. The van der Waals surface area contributed by atoms with Crippen molar-refractivity contribution in [3.8, 4) is 5.69 Å². The second-order valence-corrected chi connectivity index (χ2v) is 5.35. The van der Waals surface area contributed by atoms with Crippen molar-refractivity contribution >= 4 is 29.9 Å². The van der Waals surface area contributed by atoms with Crippen LogP contribution in [0.1, 0.15) is 0 Å². The number of hydrogen-bond donors (Lipinski definition) is 3. The van der Waals surface area contributed by atoms with E-state index in [1.807, 2.05) is 24.4 Å². The fourth-order valence-corrected chi connectivity index (χ4v) is 2.35. The molecule has 3 N–H and O–H groups in total. The number of aromatic nitrogens is 2. The van der Waals surface area contributed by atoms with Crippen LogP contribution in [0.15, 0.2) is 42.7 Å². The molecule has 9 heteroatoms. The van der Waals surface area contributed by atoms with Crippen molar-refractivity contribution in [2.24, 2.45) is 0 Å². The quantitative estimate of drug-likeness (QED) is 0.709. The number of rotatable bonds is 5. The van der Waals surface area contributed by atoms with Gasteiger partial charge in [0.05, 0.1) is 25.4 Å². The Morgan fingerprint density at radius 2 is 2.12 bits per heavy atom. The van der Waals surface area contributed by atoms with Crippen LogP contribution >= 0.6 is 12.4 Å². The van der Waals surface area contributed by atoms with E-state index in [4.69, 9.17) is 4.74 Å². The molecule has 1 aromatic heterocycles. The summed E-state index contributed by atoms with van der Waals surface area (Å²) in [5, 5.41) is 12.5. The number of benzene rings is 1. The maximum absolute atomic E-state index is 11.9. The molecule has 0 radical (unpaired) electrons. The number of anilines is 1. The lowest BCUT2D eigenvalue weighted by Gasteiger charge is -2.22. The number of carbonyl (C=O) groups is 2. The highest BCUT2D eigenvalue weighted by molar-refractivity contribution is 5.95. The van der Waals surface area contributed by atoms with E-state index >= 15 is 0 Å². The zero-order chi connectivity index (χ0) is 16.8. The van der Waals surface area contributed by atoms with Gasteiger partial charge in [-0.3, -0.25) is 9.59 Å². The molecule has 25 heavy (non-hydrogen) atoms. The summed E-state index contributed by atoms with van der Waals surface area (Å²) in [5.41, 5.74) is 1.55. The van der Waals surface area contributed by atoms with Gasteiger partial charge >= 0.3 is 0 Å². The molecule has 1 fully saturated rings. The molecule has 1 atom stereocenters. The lowest BCUT2D eigenvalue weighted by atomic mass is 10.2. The third kappa shape index (κ3) is 5.28. The smallest absolute Gasteiger partial charge is 0.243 e. The SMILES string of the molecule is Cl.O=C(CNC(=O)C1COCCN1)Nc1ccc(-n2cccn2)cc1. The second kappa shape index (κ2) is 9.16. The number of halogens is 1. The number of carbonyl (C=O) groups excluding carboxylic acids is 2. The Kier molecular flexibility index (Phi) is 6.93. The Morgan fingerprint density at radius 1 is 1.32 bits per heavy atom. The van der Waals surface area contributed by atoms with Crippen molar-refractivity contribution in [2.75, 3.05) is 31.6 Å². The Hall–Kier alpha value is -2.42. The zero-order valence-corrected chi connectivity index (χ0v) is 14.3. The largest absolute Gasteiger partial charge is 0.378 e. The molecule has 1 aliphatic rings. The van der Waals surface area contributed by atoms with Gasteiger partial charge in [-0.2, -0.15) is 5.10 Å². The van der Waals surface area contributed by atoms with E-state index in [-0.39, 0.29) is 30.8 Å². The van der Waals surface area contributed by atoms with Gasteiger partial charge in [0.25, 0.3) is 0 Å². The van der Waals surface area contributed by atoms with Crippen LogP contribution in [0.5, 0.6) is 0 Å². The Morgan fingerprint density at radius 3 is 2.76 bits per heavy atom. The average molecular weight is 366 g/mol. The standard InChI is InChI=1S/C16H19N5O3.ClH/c22-15(10-18-16(23)14-11-24-9-7-17-14)20-12-2-4-13(5-3-12)21-8-1-6-19-21;/h1-6,8,14,17H,7,9-11H2,(H,18,23)(H,20,22);1H. The molecule has 2 heterocycles. The summed E-state index contributed by atoms with van der Waals surface area (Å²) in [6.07, 6.45) is 3.54. The van der Waals surface area contributed by atoms with Crippen molar-refractivity contribution in [1.29, 1.82) is 0 Å². The van der Waals surface area contributed by atoms with Gasteiger partial charge in [-0.1, -0.05) is 0 Å². The molecule has 2 aromatic rings. The van der Waals surface area contributed by atoms with E-state index in [1.165, 1.54) is 0 Å². The molecule has 0 spiro atoms. The first-order valence-electron chi connectivity index (χ1n) is 7.71. The first kappa shape index (κ1) is 18.9. The first-order valence-corrected chi connectivity index (χ1v) is 7.71. The highest BCUT2D eigenvalue weighted by atomic mass is 35.5. The van der Waals surface area contributed by atoms with Gasteiger partial charge in [-0.15, -0.1) is 12.4 Å². The molecule has 1 aromatic carbocycles. The van der Waals surface area contributed by atoms with Crippen molar-refractivity contribution in [1.82, 2.24) is 20.4 Å². The first-order chi connectivity index (χ1) is 11.7. The van der Waals surface area contributed by atoms with E-state index < -0.39 is 6.04 Å². The lowest BCUT2D eigenvalue weighted by molar-refractivity contribution is -0.128. The van der Waals surface area contributed by atoms with Gasteiger partial charge in [0, 0.05) is 24.6 Å². The van der Waals surface area contributed by atoms with Crippen molar-refractivity contribution < 1.29 is 14.3 Å². The average Bonchev–Trinajstić information content (AvgIpc) is 3.16. The highest BCUT2D eigenvalue weighted by Crippen LogP contribution is 2.12. The topological polar surface area (TPSA) is 97.3 Å². The molecule has 0 bridgehead atoms. The molecular weight excluding hydrogens is 346 g/mol. The number of morpholine rings is 1. The normalized spacial score (nSPS) is 16.6. The van der Waals surface area contributed by atoms with Crippen LogP contribution in [0.25, 0.3) is 5.69 Å². The Bertz CT molecular complexity index is 684. The second-order valence-electron chi connectivity index (χ2n) is 5.35. The Labute approximate surface area is 151 Å². The number of ether oxygens (including phenoxy) is 1. The van der Waals surface area contributed by atoms with Gasteiger partial charge in [0.2, 0.25) is 11.8 Å². The van der Waals surface area contributed by atoms with E-state index in [0.717, 1.165) is 5.69 Å². The van der Waals surface area contributed by atoms with Gasteiger partial charge in [0.15, 0.2) is 0 Å². The molecule has 0 aliphatic carbocycles. The fraction of sp³-hybridized carbons (Fsp3) is 0.312. The van der Waals surface area contributed by atoms with Gasteiger partial charge in [-0.05, 0) is 30.3 Å². The lowest BCUT2D eigenvalue weighted by Crippen LogP contribution is -2.52. The van der Waals surface area contributed by atoms with Crippen LogP contribution in [-0.4, -0.2) is 53.9 Å². The van der Waals surface area contributed by atoms with Gasteiger partial charge < -0.3 is 20.7 Å². The molecule has 1 saturated heterocycles. The van der Waals surface area contributed by atoms with Crippen LogP contribution in [0.2, 0.25) is 0 Å². The van der Waals surface area contributed by atoms with E-state index in [2.05, 4.69) is 21.0 Å². The predicted molar refractivity (Wildman–Crippen MR) is 95.1 cm³/mol. The van der Waals surface area contributed by atoms with Crippen molar-refractivity contribution in [3.63, 3.8) is 0 Å². The van der Waals surface area contributed by atoms with E-state index in [1.54, 1.807) is 23.0 Å². The molecule has 3 rings (SSSR count). The van der Waals surface area contributed by atoms with E-state index in [9.17, 15) is 9.59 Å². The van der Waals surface area contributed by atoms with Crippen LogP contribution in [0, 0.1) is 0 Å². The summed E-state index contributed by atoms with van der Waals surface area (Å²) < 4.78 is 6.94. The third-order valence-corrected chi connectivity index (χ3v) is 3.58.